The molecule has 0 saturated heterocycles. The summed E-state index contributed by atoms with van der Waals surface area (Å²) in [5.41, 5.74) is 4.97. The summed E-state index contributed by atoms with van der Waals surface area (Å²) in [5, 5.41) is 0.714. The largest absolute Gasteiger partial charge is 0.494 e. The Morgan fingerprint density at radius 1 is 1.03 bits per heavy atom. The predicted octanol–water partition coefficient (Wildman–Crippen LogP) is 6.94. The molecule has 164 valence electrons. The van der Waals surface area contributed by atoms with Crippen LogP contribution in [0.5, 0.6) is 5.75 Å². The fourth-order valence-corrected chi connectivity index (χ4v) is 4.79. The van der Waals surface area contributed by atoms with E-state index in [0.29, 0.717) is 23.8 Å². The minimum atomic E-state index is -0.0672. The molecule has 0 bridgehead atoms. The Hall–Kier alpha value is -3.18. The number of aromatic nitrogens is 1. The van der Waals surface area contributed by atoms with E-state index >= 15 is 0 Å². The van der Waals surface area contributed by atoms with Crippen LogP contribution < -0.4 is 9.64 Å². The van der Waals surface area contributed by atoms with Gasteiger partial charge < -0.3 is 4.74 Å². The highest BCUT2D eigenvalue weighted by Crippen LogP contribution is 2.33. The highest BCUT2D eigenvalue weighted by molar-refractivity contribution is 7.22. The number of carbonyl (C=O) groups is 1. The maximum Gasteiger partial charge on any atom is 0.260 e. The standard InChI is InChI=1S/C27H28N2O2S/c1-4-5-15-31-23-13-11-22(12-14-23)26(30)29(18-21-9-7-6-8-10-21)27-28-25-20(3)16-19(2)17-24(25)32-27/h6-14,16-17H,4-5,15,18H2,1-3H3. The fraction of sp³-hybridized carbons (Fsp3) is 0.259. The number of rotatable bonds is 8. The van der Waals surface area contributed by atoms with Gasteiger partial charge in [-0.1, -0.05) is 61.1 Å². The minimum absolute atomic E-state index is 0.0672. The van der Waals surface area contributed by atoms with Crippen LogP contribution in [0.3, 0.4) is 0 Å². The zero-order valence-electron chi connectivity index (χ0n) is 18.8. The summed E-state index contributed by atoms with van der Waals surface area (Å²) in [4.78, 5) is 20.2. The van der Waals surface area contributed by atoms with E-state index in [-0.39, 0.29) is 5.91 Å². The quantitative estimate of drug-likeness (QED) is 0.276. The molecule has 4 rings (SSSR count). The van der Waals surface area contributed by atoms with Crippen molar-refractivity contribution in [2.24, 2.45) is 0 Å². The SMILES string of the molecule is CCCCOc1ccc(C(=O)N(Cc2ccccc2)c2nc3c(C)cc(C)cc3s2)cc1. The second-order valence-electron chi connectivity index (χ2n) is 8.03. The Morgan fingerprint density at radius 3 is 2.50 bits per heavy atom. The molecule has 0 atom stereocenters. The smallest absolute Gasteiger partial charge is 0.260 e. The van der Waals surface area contributed by atoms with E-state index in [2.05, 4.69) is 32.9 Å². The molecular formula is C27H28N2O2S. The third-order valence-corrected chi connectivity index (χ3v) is 6.37. The van der Waals surface area contributed by atoms with Gasteiger partial charge in [-0.25, -0.2) is 4.98 Å². The highest BCUT2D eigenvalue weighted by Gasteiger charge is 2.22. The number of nitrogens with zero attached hydrogens (tertiary/aromatic N) is 2. The first-order valence-corrected chi connectivity index (χ1v) is 11.8. The fourth-order valence-electron chi connectivity index (χ4n) is 3.65. The van der Waals surface area contributed by atoms with Crippen molar-refractivity contribution < 1.29 is 9.53 Å². The maximum atomic E-state index is 13.6. The van der Waals surface area contributed by atoms with Crippen molar-refractivity contribution in [1.82, 2.24) is 4.98 Å². The van der Waals surface area contributed by atoms with E-state index in [1.807, 2.05) is 54.6 Å². The molecule has 32 heavy (non-hydrogen) atoms. The maximum absolute atomic E-state index is 13.6. The van der Waals surface area contributed by atoms with Crippen LogP contribution >= 0.6 is 11.3 Å². The first-order valence-electron chi connectivity index (χ1n) is 11.0. The van der Waals surface area contributed by atoms with Crippen molar-refractivity contribution in [3.8, 4) is 5.75 Å². The third kappa shape index (κ3) is 5.00. The monoisotopic (exact) mass is 444 g/mol. The number of hydrogen-bond acceptors (Lipinski definition) is 4. The van der Waals surface area contributed by atoms with Crippen LogP contribution in [0.4, 0.5) is 5.13 Å². The van der Waals surface area contributed by atoms with Gasteiger partial charge in [0.2, 0.25) is 0 Å². The van der Waals surface area contributed by atoms with Crippen LogP contribution in [-0.4, -0.2) is 17.5 Å². The molecule has 1 heterocycles. The zero-order valence-corrected chi connectivity index (χ0v) is 19.6. The van der Waals surface area contributed by atoms with E-state index in [1.54, 1.807) is 16.2 Å². The van der Waals surface area contributed by atoms with Gasteiger partial charge in [0.15, 0.2) is 5.13 Å². The van der Waals surface area contributed by atoms with Gasteiger partial charge in [0, 0.05) is 5.56 Å². The number of amides is 1. The summed E-state index contributed by atoms with van der Waals surface area (Å²) in [7, 11) is 0. The van der Waals surface area contributed by atoms with Gasteiger partial charge in [0.05, 0.1) is 23.4 Å². The average Bonchev–Trinajstić information content (AvgIpc) is 3.22. The Morgan fingerprint density at radius 2 is 1.78 bits per heavy atom. The molecule has 0 saturated carbocycles. The van der Waals surface area contributed by atoms with E-state index in [4.69, 9.17) is 9.72 Å². The number of anilines is 1. The van der Waals surface area contributed by atoms with E-state index in [0.717, 1.165) is 39.9 Å². The molecule has 1 aromatic heterocycles. The van der Waals surface area contributed by atoms with Gasteiger partial charge in [-0.15, -0.1) is 0 Å². The Balaban J connectivity index is 1.66. The second kappa shape index (κ2) is 9.96. The molecule has 0 N–H and O–H groups in total. The third-order valence-electron chi connectivity index (χ3n) is 5.35. The summed E-state index contributed by atoms with van der Waals surface area (Å²) in [6.45, 7) is 7.44. The van der Waals surface area contributed by atoms with Crippen molar-refractivity contribution in [3.05, 3.63) is 89.0 Å². The molecule has 0 radical (unpaired) electrons. The Labute approximate surface area is 193 Å². The van der Waals surface area contributed by atoms with Crippen molar-refractivity contribution in [3.63, 3.8) is 0 Å². The first kappa shape index (κ1) is 22.0. The summed E-state index contributed by atoms with van der Waals surface area (Å²) in [5.74, 6) is 0.720. The van der Waals surface area contributed by atoms with Crippen LogP contribution in [0.25, 0.3) is 10.2 Å². The first-order chi connectivity index (χ1) is 15.5. The number of ether oxygens (including phenoxy) is 1. The molecule has 4 nitrogen and oxygen atoms in total. The summed E-state index contributed by atoms with van der Waals surface area (Å²) in [6, 6.07) is 21.7. The van der Waals surface area contributed by atoms with Gasteiger partial charge in [0.1, 0.15) is 5.75 Å². The van der Waals surface area contributed by atoms with Crippen molar-refractivity contribution in [1.29, 1.82) is 0 Å². The molecule has 0 aliphatic heterocycles. The Kier molecular flexibility index (Phi) is 6.86. The van der Waals surface area contributed by atoms with Crippen LogP contribution in [0, 0.1) is 13.8 Å². The number of fused-ring (bicyclic) bond motifs is 1. The zero-order chi connectivity index (χ0) is 22.5. The van der Waals surface area contributed by atoms with Gasteiger partial charge in [-0.05, 0) is 67.3 Å². The van der Waals surface area contributed by atoms with Crippen LogP contribution in [0.2, 0.25) is 0 Å². The number of aryl methyl sites for hydroxylation is 2. The molecular weight excluding hydrogens is 416 g/mol. The summed E-state index contributed by atoms with van der Waals surface area (Å²) < 4.78 is 6.85. The lowest BCUT2D eigenvalue weighted by atomic mass is 10.1. The molecule has 3 aromatic carbocycles. The summed E-state index contributed by atoms with van der Waals surface area (Å²) >= 11 is 1.56. The lowest BCUT2D eigenvalue weighted by molar-refractivity contribution is 0.0985. The Bertz CT molecular complexity index is 1200. The van der Waals surface area contributed by atoms with Crippen LogP contribution in [0.1, 0.15) is 46.8 Å². The number of hydrogen-bond donors (Lipinski definition) is 0. The molecule has 0 spiro atoms. The predicted molar refractivity (Wildman–Crippen MR) is 133 cm³/mol. The lowest BCUT2D eigenvalue weighted by Crippen LogP contribution is -2.30. The molecule has 0 aliphatic carbocycles. The topological polar surface area (TPSA) is 42.4 Å². The number of thiazole rings is 1. The van der Waals surface area contributed by atoms with Crippen molar-refractivity contribution in [2.75, 3.05) is 11.5 Å². The molecule has 5 heteroatoms. The van der Waals surface area contributed by atoms with Gasteiger partial charge in [-0.2, -0.15) is 0 Å². The molecule has 0 fully saturated rings. The van der Waals surface area contributed by atoms with E-state index in [1.165, 1.54) is 5.56 Å². The van der Waals surface area contributed by atoms with Gasteiger partial charge in [0.25, 0.3) is 5.91 Å². The van der Waals surface area contributed by atoms with Crippen molar-refractivity contribution in [2.45, 2.75) is 40.2 Å². The minimum Gasteiger partial charge on any atom is -0.494 e. The van der Waals surface area contributed by atoms with Crippen LogP contribution in [0.15, 0.2) is 66.7 Å². The highest BCUT2D eigenvalue weighted by atomic mass is 32.1. The van der Waals surface area contributed by atoms with E-state index in [9.17, 15) is 4.79 Å². The summed E-state index contributed by atoms with van der Waals surface area (Å²) in [6.07, 6.45) is 2.11. The van der Waals surface area contributed by atoms with Gasteiger partial charge >= 0.3 is 0 Å². The second-order valence-corrected chi connectivity index (χ2v) is 9.04. The average molecular weight is 445 g/mol. The number of carbonyl (C=O) groups excluding carboxylic acids is 1. The normalized spacial score (nSPS) is 11.0. The lowest BCUT2D eigenvalue weighted by Gasteiger charge is -2.20. The molecule has 0 aliphatic rings. The number of benzene rings is 3. The molecule has 0 unspecified atom stereocenters. The molecule has 4 aromatic rings. The number of unbranched alkanes of at least 4 members (excludes halogenated alkanes) is 1. The molecule has 1 amide bonds. The van der Waals surface area contributed by atoms with Crippen LogP contribution in [-0.2, 0) is 6.54 Å². The van der Waals surface area contributed by atoms with E-state index < -0.39 is 0 Å². The van der Waals surface area contributed by atoms with Crippen molar-refractivity contribution >= 4 is 32.6 Å². The van der Waals surface area contributed by atoms with Gasteiger partial charge in [-0.3, -0.25) is 9.69 Å².